The van der Waals surface area contributed by atoms with Gasteiger partial charge >= 0.3 is 0 Å². The minimum absolute atomic E-state index is 0.0702. The predicted octanol–water partition coefficient (Wildman–Crippen LogP) is 5.88. The Morgan fingerprint density at radius 1 is 1.10 bits per heavy atom. The van der Waals surface area contributed by atoms with Crippen molar-refractivity contribution in [1.29, 1.82) is 0 Å². The van der Waals surface area contributed by atoms with Crippen LogP contribution in [0.2, 0.25) is 5.02 Å². The van der Waals surface area contributed by atoms with Gasteiger partial charge in [0.1, 0.15) is 0 Å². The van der Waals surface area contributed by atoms with Crippen molar-refractivity contribution in [2.75, 3.05) is 5.32 Å². The topological polar surface area (TPSA) is 58.2 Å². The number of thioether (sulfide) groups is 1. The molecule has 0 unspecified atom stereocenters. The average Bonchev–Trinajstić information content (AvgIpc) is 2.97. The van der Waals surface area contributed by atoms with Gasteiger partial charge in [0.25, 0.3) is 11.8 Å². The lowest BCUT2D eigenvalue weighted by atomic mass is 10.1. The van der Waals surface area contributed by atoms with Crippen molar-refractivity contribution in [3.63, 3.8) is 0 Å². The standard InChI is InChI=1S/C23H23ClN2O2S/c24-17-7-5-6-15(12-17)13-21-23(28)26-19-14-16(10-11-20(19)29-21)22(27)25-18-8-3-1-2-4-9-18/h5-7,10-14,18H,1-4,8-9H2,(H,25,27)(H,26,28). The maximum absolute atomic E-state index is 12.7. The Labute approximate surface area is 180 Å². The number of benzene rings is 2. The third-order valence-corrected chi connectivity index (χ3v) is 6.60. The van der Waals surface area contributed by atoms with Gasteiger partial charge in [0, 0.05) is 21.5 Å². The van der Waals surface area contributed by atoms with E-state index in [0.717, 1.165) is 23.3 Å². The summed E-state index contributed by atoms with van der Waals surface area (Å²) in [7, 11) is 0. The maximum atomic E-state index is 12.7. The first-order valence-corrected chi connectivity index (χ1v) is 11.2. The van der Waals surface area contributed by atoms with E-state index >= 15 is 0 Å². The van der Waals surface area contributed by atoms with E-state index in [9.17, 15) is 9.59 Å². The Morgan fingerprint density at radius 3 is 2.66 bits per heavy atom. The predicted molar refractivity (Wildman–Crippen MR) is 119 cm³/mol. The van der Waals surface area contributed by atoms with Gasteiger partial charge in [0.05, 0.1) is 10.6 Å². The molecule has 2 aliphatic rings. The molecule has 2 aromatic rings. The van der Waals surface area contributed by atoms with Gasteiger partial charge in [-0.15, -0.1) is 0 Å². The van der Waals surface area contributed by atoms with Crippen LogP contribution in [0.3, 0.4) is 0 Å². The van der Waals surface area contributed by atoms with Crippen LogP contribution in [0, 0.1) is 0 Å². The molecule has 150 valence electrons. The minimum Gasteiger partial charge on any atom is -0.349 e. The molecule has 1 aliphatic carbocycles. The molecule has 0 radical (unpaired) electrons. The fraction of sp³-hybridized carbons (Fsp3) is 0.304. The smallest absolute Gasteiger partial charge is 0.262 e. The van der Waals surface area contributed by atoms with Crippen molar-refractivity contribution >= 4 is 46.9 Å². The molecule has 1 aliphatic heterocycles. The third kappa shape index (κ3) is 5.03. The normalized spacial score (nSPS) is 18.7. The molecule has 4 nitrogen and oxygen atoms in total. The van der Waals surface area contributed by atoms with E-state index in [0.29, 0.717) is 21.2 Å². The summed E-state index contributed by atoms with van der Waals surface area (Å²) in [6, 6.07) is 13.1. The number of amides is 2. The monoisotopic (exact) mass is 426 g/mol. The summed E-state index contributed by atoms with van der Waals surface area (Å²) in [4.78, 5) is 26.7. The fourth-order valence-corrected chi connectivity index (χ4v) is 4.87. The van der Waals surface area contributed by atoms with E-state index in [1.165, 1.54) is 37.4 Å². The highest BCUT2D eigenvalue weighted by Gasteiger charge is 2.23. The number of hydrogen-bond acceptors (Lipinski definition) is 3. The highest BCUT2D eigenvalue weighted by atomic mass is 35.5. The van der Waals surface area contributed by atoms with E-state index in [2.05, 4.69) is 10.6 Å². The van der Waals surface area contributed by atoms with Gasteiger partial charge in [-0.2, -0.15) is 0 Å². The van der Waals surface area contributed by atoms with Crippen molar-refractivity contribution in [3.8, 4) is 0 Å². The summed E-state index contributed by atoms with van der Waals surface area (Å²) in [5.74, 6) is -0.247. The van der Waals surface area contributed by atoms with Crippen LogP contribution >= 0.6 is 23.4 Å². The van der Waals surface area contributed by atoms with E-state index in [1.807, 2.05) is 36.4 Å². The molecule has 1 heterocycles. The van der Waals surface area contributed by atoms with Crippen molar-refractivity contribution < 1.29 is 9.59 Å². The summed E-state index contributed by atoms with van der Waals surface area (Å²) in [5.41, 5.74) is 2.13. The third-order valence-electron chi connectivity index (χ3n) is 5.27. The summed E-state index contributed by atoms with van der Waals surface area (Å²) < 4.78 is 0. The Hall–Kier alpha value is -2.24. The van der Waals surface area contributed by atoms with Crippen LogP contribution in [-0.2, 0) is 4.79 Å². The van der Waals surface area contributed by atoms with Crippen LogP contribution in [-0.4, -0.2) is 17.9 Å². The molecular formula is C23H23ClN2O2S. The van der Waals surface area contributed by atoms with Gasteiger partial charge in [-0.1, -0.05) is 61.2 Å². The molecule has 1 saturated carbocycles. The first-order chi connectivity index (χ1) is 14.1. The fourth-order valence-electron chi connectivity index (χ4n) is 3.74. The van der Waals surface area contributed by atoms with Crippen molar-refractivity contribution in [2.24, 2.45) is 0 Å². The van der Waals surface area contributed by atoms with Gasteiger partial charge in [-0.25, -0.2) is 0 Å². The second-order valence-corrected chi connectivity index (χ2v) is 9.01. The summed E-state index contributed by atoms with van der Waals surface area (Å²) in [6.45, 7) is 0. The first-order valence-electron chi connectivity index (χ1n) is 10.00. The molecule has 29 heavy (non-hydrogen) atoms. The van der Waals surface area contributed by atoms with E-state index in [4.69, 9.17) is 11.6 Å². The molecule has 1 fully saturated rings. The molecule has 2 aromatic carbocycles. The number of hydrogen-bond donors (Lipinski definition) is 2. The van der Waals surface area contributed by atoms with Gasteiger partial charge < -0.3 is 10.6 Å². The quantitative estimate of drug-likeness (QED) is 0.476. The lowest BCUT2D eigenvalue weighted by molar-refractivity contribution is -0.112. The van der Waals surface area contributed by atoms with Gasteiger partial charge in [-0.05, 0) is 54.8 Å². The molecule has 0 aromatic heterocycles. The van der Waals surface area contributed by atoms with E-state index in [-0.39, 0.29) is 17.9 Å². The molecular weight excluding hydrogens is 404 g/mol. The van der Waals surface area contributed by atoms with Crippen LogP contribution in [0.5, 0.6) is 0 Å². The molecule has 0 saturated heterocycles. The van der Waals surface area contributed by atoms with Gasteiger partial charge in [0.15, 0.2) is 0 Å². The maximum Gasteiger partial charge on any atom is 0.262 e. The molecule has 2 amide bonds. The lowest BCUT2D eigenvalue weighted by Crippen LogP contribution is -2.34. The average molecular weight is 427 g/mol. The Morgan fingerprint density at radius 2 is 1.90 bits per heavy atom. The summed E-state index contributed by atoms with van der Waals surface area (Å²) in [5, 5.41) is 6.70. The molecule has 6 heteroatoms. The van der Waals surface area contributed by atoms with E-state index in [1.54, 1.807) is 12.1 Å². The Bertz CT molecular complexity index is 965. The second-order valence-electron chi connectivity index (χ2n) is 7.49. The second kappa shape index (κ2) is 9.06. The summed E-state index contributed by atoms with van der Waals surface area (Å²) in [6.07, 6.45) is 8.75. The van der Waals surface area contributed by atoms with Gasteiger partial charge in [0.2, 0.25) is 0 Å². The number of halogens is 1. The van der Waals surface area contributed by atoms with Crippen LogP contribution in [0.1, 0.15) is 54.4 Å². The SMILES string of the molecule is O=C1Nc2cc(C(=O)NC3CCCCCC3)ccc2SC1=Cc1cccc(Cl)c1. The number of nitrogens with one attached hydrogen (secondary N) is 2. The molecule has 0 spiro atoms. The molecule has 0 atom stereocenters. The zero-order valence-electron chi connectivity index (χ0n) is 16.0. The Kier molecular flexibility index (Phi) is 6.26. The van der Waals surface area contributed by atoms with Crippen LogP contribution in [0.25, 0.3) is 6.08 Å². The molecule has 4 rings (SSSR count). The summed E-state index contributed by atoms with van der Waals surface area (Å²) >= 11 is 7.43. The first kappa shape index (κ1) is 20.0. The number of anilines is 1. The molecule has 2 N–H and O–H groups in total. The Balaban J connectivity index is 1.49. The molecule has 0 bridgehead atoms. The van der Waals surface area contributed by atoms with Crippen molar-refractivity contribution in [1.82, 2.24) is 5.32 Å². The number of rotatable bonds is 3. The van der Waals surface area contributed by atoms with Crippen LogP contribution in [0.15, 0.2) is 52.3 Å². The minimum atomic E-state index is -0.177. The zero-order chi connectivity index (χ0) is 20.2. The highest BCUT2D eigenvalue weighted by molar-refractivity contribution is 8.04. The van der Waals surface area contributed by atoms with Crippen LogP contribution < -0.4 is 10.6 Å². The highest BCUT2D eigenvalue weighted by Crippen LogP contribution is 2.39. The number of carbonyl (C=O) groups is 2. The zero-order valence-corrected chi connectivity index (χ0v) is 17.6. The van der Waals surface area contributed by atoms with Crippen molar-refractivity contribution in [2.45, 2.75) is 49.5 Å². The van der Waals surface area contributed by atoms with Crippen molar-refractivity contribution in [3.05, 3.63) is 63.5 Å². The number of carbonyl (C=O) groups excluding carboxylic acids is 2. The van der Waals surface area contributed by atoms with Crippen LogP contribution in [0.4, 0.5) is 5.69 Å². The number of fused-ring (bicyclic) bond motifs is 1. The lowest BCUT2D eigenvalue weighted by Gasteiger charge is -2.20. The largest absolute Gasteiger partial charge is 0.349 e. The van der Waals surface area contributed by atoms with Gasteiger partial charge in [-0.3, -0.25) is 9.59 Å². The van der Waals surface area contributed by atoms with E-state index < -0.39 is 0 Å².